The van der Waals surface area contributed by atoms with Gasteiger partial charge in [0.05, 0.1) is 6.42 Å². The van der Waals surface area contributed by atoms with Crippen molar-refractivity contribution < 1.29 is 4.79 Å². The molecule has 0 spiro atoms. The van der Waals surface area contributed by atoms with E-state index in [1.54, 1.807) is 6.07 Å². The van der Waals surface area contributed by atoms with Gasteiger partial charge >= 0.3 is 0 Å². The third-order valence-corrected chi connectivity index (χ3v) is 4.19. The highest BCUT2D eigenvalue weighted by Crippen LogP contribution is 2.22. The van der Waals surface area contributed by atoms with E-state index >= 15 is 0 Å². The van der Waals surface area contributed by atoms with Crippen LogP contribution in [-0.4, -0.2) is 22.6 Å². The van der Waals surface area contributed by atoms with Crippen LogP contribution < -0.4 is 10.2 Å². The largest absolute Gasteiger partial charge is 0.325 e. The van der Waals surface area contributed by atoms with E-state index in [9.17, 15) is 4.79 Å². The smallest absolute Gasteiger partial charge is 0.230 e. The Morgan fingerprint density at radius 1 is 0.962 bits per heavy atom. The van der Waals surface area contributed by atoms with Gasteiger partial charge in [-0.2, -0.15) is 0 Å². The van der Waals surface area contributed by atoms with Crippen LogP contribution in [0.4, 0.5) is 17.3 Å². The summed E-state index contributed by atoms with van der Waals surface area (Å²) in [7, 11) is 0. The fourth-order valence-corrected chi connectivity index (χ4v) is 2.79. The van der Waals surface area contributed by atoms with Crippen LogP contribution >= 0.6 is 0 Å². The van der Waals surface area contributed by atoms with Gasteiger partial charge in [0.2, 0.25) is 5.91 Å². The molecule has 132 valence electrons. The number of anilines is 3. The lowest BCUT2D eigenvalue weighted by atomic mass is 10.1. The first-order chi connectivity index (χ1) is 12.7. The van der Waals surface area contributed by atoms with Crippen molar-refractivity contribution in [1.82, 2.24) is 10.2 Å². The van der Waals surface area contributed by atoms with Gasteiger partial charge in [0.25, 0.3) is 0 Å². The zero-order valence-corrected chi connectivity index (χ0v) is 15.0. The van der Waals surface area contributed by atoms with E-state index in [-0.39, 0.29) is 5.91 Å². The van der Waals surface area contributed by atoms with E-state index < -0.39 is 0 Å². The number of benzene rings is 2. The van der Waals surface area contributed by atoms with Crippen molar-refractivity contribution in [2.75, 3.05) is 16.8 Å². The van der Waals surface area contributed by atoms with Crippen LogP contribution in [0.3, 0.4) is 0 Å². The Morgan fingerprint density at radius 2 is 1.69 bits per heavy atom. The van der Waals surface area contributed by atoms with Gasteiger partial charge in [-0.15, -0.1) is 10.2 Å². The summed E-state index contributed by atoms with van der Waals surface area (Å²) in [6.45, 7) is 4.84. The zero-order chi connectivity index (χ0) is 18.4. The molecule has 26 heavy (non-hydrogen) atoms. The molecule has 1 aromatic heterocycles. The molecule has 0 aliphatic rings. The maximum atomic E-state index is 12.2. The lowest BCUT2D eigenvalue weighted by Gasteiger charge is -2.21. The van der Waals surface area contributed by atoms with Crippen LogP contribution in [0.5, 0.6) is 0 Å². The van der Waals surface area contributed by atoms with E-state index in [1.165, 1.54) is 0 Å². The number of nitrogens with zero attached hydrogens (tertiary/aromatic N) is 3. The Labute approximate surface area is 153 Å². The normalized spacial score (nSPS) is 10.4. The van der Waals surface area contributed by atoms with Gasteiger partial charge in [-0.25, -0.2) is 0 Å². The molecular weight excluding hydrogens is 324 g/mol. The fourth-order valence-electron chi connectivity index (χ4n) is 2.79. The minimum absolute atomic E-state index is 0.100. The van der Waals surface area contributed by atoms with Crippen LogP contribution in [0.1, 0.15) is 18.1 Å². The lowest BCUT2D eigenvalue weighted by Crippen LogP contribution is -2.19. The van der Waals surface area contributed by atoms with Crippen LogP contribution in [0.2, 0.25) is 0 Å². The summed E-state index contributed by atoms with van der Waals surface area (Å²) in [5.74, 6) is 1.10. The molecule has 0 radical (unpaired) electrons. The van der Waals surface area contributed by atoms with Gasteiger partial charge in [0.15, 0.2) is 11.6 Å². The Morgan fingerprint density at radius 3 is 2.35 bits per heavy atom. The van der Waals surface area contributed by atoms with Crippen molar-refractivity contribution in [2.24, 2.45) is 0 Å². The Kier molecular flexibility index (Phi) is 5.59. The quantitative estimate of drug-likeness (QED) is 0.729. The van der Waals surface area contributed by atoms with Crippen LogP contribution in [-0.2, 0) is 11.2 Å². The van der Waals surface area contributed by atoms with Gasteiger partial charge in [-0.05, 0) is 49.2 Å². The molecule has 0 saturated heterocycles. The van der Waals surface area contributed by atoms with E-state index in [1.807, 2.05) is 67.6 Å². The number of carbonyl (C=O) groups excluding carboxylic acids is 1. The highest BCUT2D eigenvalue weighted by molar-refractivity contribution is 5.91. The maximum Gasteiger partial charge on any atom is 0.230 e. The second-order valence-corrected chi connectivity index (χ2v) is 6.01. The molecule has 1 amide bonds. The highest BCUT2D eigenvalue weighted by Gasteiger charge is 2.11. The molecule has 1 N–H and O–H groups in total. The summed E-state index contributed by atoms with van der Waals surface area (Å²) >= 11 is 0. The predicted molar refractivity (Wildman–Crippen MR) is 105 cm³/mol. The molecule has 3 aromatic rings. The molecule has 3 rings (SSSR count). The zero-order valence-electron chi connectivity index (χ0n) is 15.0. The number of amides is 1. The molecule has 0 atom stereocenters. The molecule has 0 aliphatic heterocycles. The number of carbonyl (C=O) groups is 1. The summed E-state index contributed by atoms with van der Waals surface area (Å²) in [4.78, 5) is 14.3. The molecule has 0 saturated carbocycles. The molecule has 0 fully saturated rings. The molecule has 5 nitrogen and oxygen atoms in total. The molecule has 0 bridgehead atoms. The first-order valence-corrected chi connectivity index (χ1v) is 8.68. The van der Waals surface area contributed by atoms with Crippen molar-refractivity contribution in [3.63, 3.8) is 0 Å². The predicted octanol–water partition coefficient (Wildman–Crippen LogP) is 4.12. The number of aryl methyl sites for hydroxylation is 1. The first kappa shape index (κ1) is 17.6. The summed E-state index contributed by atoms with van der Waals surface area (Å²) in [5.41, 5.74) is 3.17. The third kappa shape index (κ3) is 4.25. The van der Waals surface area contributed by atoms with Crippen molar-refractivity contribution in [3.05, 3.63) is 77.9 Å². The van der Waals surface area contributed by atoms with E-state index in [4.69, 9.17) is 0 Å². The summed E-state index contributed by atoms with van der Waals surface area (Å²) < 4.78 is 0. The Hall–Kier alpha value is -3.21. The summed E-state index contributed by atoms with van der Waals surface area (Å²) in [5, 5.41) is 11.2. The van der Waals surface area contributed by atoms with Crippen molar-refractivity contribution in [1.29, 1.82) is 0 Å². The standard InChI is InChI=1S/C21H22N4O/c1-3-25(18-11-5-4-6-12-18)20-14-13-19(23-24-20)22-21(26)15-17-10-8-7-9-16(17)2/h4-14H,3,15H2,1-2H3,(H,22,23,26). The second-order valence-electron chi connectivity index (χ2n) is 6.01. The molecular formula is C21H22N4O. The molecule has 5 heteroatoms. The molecule has 1 heterocycles. The van der Waals surface area contributed by atoms with Gasteiger partial charge < -0.3 is 10.2 Å². The van der Waals surface area contributed by atoms with Crippen LogP contribution in [0, 0.1) is 6.92 Å². The minimum Gasteiger partial charge on any atom is -0.325 e. The number of hydrogen-bond acceptors (Lipinski definition) is 4. The second kappa shape index (κ2) is 8.25. The SMILES string of the molecule is CCN(c1ccccc1)c1ccc(NC(=O)Cc2ccccc2C)nn1. The summed E-state index contributed by atoms with van der Waals surface area (Å²) in [6.07, 6.45) is 0.321. The number of nitrogens with one attached hydrogen (secondary N) is 1. The Balaban J connectivity index is 1.67. The van der Waals surface area contributed by atoms with Gasteiger partial charge in [0, 0.05) is 12.2 Å². The van der Waals surface area contributed by atoms with Gasteiger partial charge in [0.1, 0.15) is 0 Å². The van der Waals surface area contributed by atoms with Crippen molar-refractivity contribution in [2.45, 2.75) is 20.3 Å². The number of rotatable bonds is 6. The number of hydrogen-bond donors (Lipinski definition) is 1. The number of aromatic nitrogens is 2. The summed E-state index contributed by atoms with van der Waals surface area (Å²) in [6, 6.07) is 21.5. The van der Waals surface area contributed by atoms with E-state index in [0.717, 1.165) is 29.2 Å². The average Bonchev–Trinajstić information content (AvgIpc) is 2.66. The van der Waals surface area contributed by atoms with Crippen LogP contribution in [0.15, 0.2) is 66.7 Å². The lowest BCUT2D eigenvalue weighted by molar-refractivity contribution is -0.115. The molecule has 0 unspecified atom stereocenters. The Bertz CT molecular complexity index is 863. The number of para-hydroxylation sites is 1. The van der Waals surface area contributed by atoms with Crippen LogP contribution in [0.25, 0.3) is 0 Å². The average molecular weight is 346 g/mol. The molecule has 0 aliphatic carbocycles. The van der Waals surface area contributed by atoms with Gasteiger partial charge in [-0.3, -0.25) is 4.79 Å². The van der Waals surface area contributed by atoms with Gasteiger partial charge in [-0.1, -0.05) is 42.5 Å². The first-order valence-electron chi connectivity index (χ1n) is 8.68. The topological polar surface area (TPSA) is 58.1 Å². The molecule has 2 aromatic carbocycles. The fraction of sp³-hybridized carbons (Fsp3) is 0.190. The van der Waals surface area contributed by atoms with Crippen molar-refractivity contribution in [3.8, 4) is 0 Å². The van der Waals surface area contributed by atoms with E-state index in [2.05, 4.69) is 27.3 Å². The maximum absolute atomic E-state index is 12.2. The van der Waals surface area contributed by atoms with Crippen molar-refractivity contribution >= 4 is 23.2 Å². The third-order valence-electron chi connectivity index (χ3n) is 4.19. The van der Waals surface area contributed by atoms with E-state index in [0.29, 0.717) is 12.2 Å². The highest BCUT2D eigenvalue weighted by atomic mass is 16.1. The minimum atomic E-state index is -0.100. The monoisotopic (exact) mass is 346 g/mol.